The fraction of sp³-hybridized carbons (Fsp3) is 0.600. The number of hydrogen-bond donors (Lipinski definition) is 1. The van der Waals surface area contributed by atoms with E-state index in [1.165, 1.54) is 6.26 Å². The molecule has 0 amide bonds. The monoisotopic (exact) mass is 297 g/mol. The van der Waals surface area contributed by atoms with Crippen molar-refractivity contribution >= 4 is 9.84 Å². The van der Waals surface area contributed by atoms with Gasteiger partial charge in [-0.05, 0) is 25.5 Å². The minimum absolute atomic E-state index is 0.0170. The van der Waals surface area contributed by atoms with Crippen molar-refractivity contribution in [3.8, 4) is 0 Å². The number of sulfone groups is 1. The molecule has 0 bridgehead atoms. The topological polar surface area (TPSA) is 57.6 Å². The van der Waals surface area contributed by atoms with Gasteiger partial charge < -0.3 is 5.11 Å². The summed E-state index contributed by atoms with van der Waals surface area (Å²) >= 11 is 0. The maximum absolute atomic E-state index is 11.8. The summed E-state index contributed by atoms with van der Waals surface area (Å²) in [6.45, 7) is 0.459. The van der Waals surface area contributed by atoms with Crippen molar-refractivity contribution in [2.75, 3.05) is 19.8 Å². The van der Waals surface area contributed by atoms with E-state index in [9.17, 15) is 13.5 Å². The van der Waals surface area contributed by atoms with Crippen LogP contribution in [0.4, 0.5) is 0 Å². The number of likely N-dealkylation sites (N-methyl/N-ethyl adjacent to an activating group) is 1. The van der Waals surface area contributed by atoms with Gasteiger partial charge in [0.25, 0.3) is 0 Å². The molecule has 112 valence electrons. The second-order valence-electron chi connectivity index (χ2n) is 5.73. The Morgan fingerprint density at radius 1 is 1.30 bits per heavy atom. The van der Waals surface area contributed by atoms with Crippen LogP contribution in [0.2, 0.25) is 0 Å². The van der Waals surface area contributed by atoms with E-state index in [-0.39, 0.29) is 11.3 Å². The smallest absolute Gasteiger partial charge is 0.151 e. The van der Waals surface area contributed by atoms with Crippen LogP contribution in [0, 0.1) is 0 Å². The van der Waals surface area contributed by atoms with Crippen LogP contribution in [0.5, 0.6) is 0 Å². The molecule has 0 aliphatic heterocycles. The molecule has 0 heterocycles. The standard InChI is InChI=1S/C15H23NO3S/c1-16(11-14(17)12-7-4-3-5-8-12)13-9-6-10-15(13)20(2,18)19/h3-5,7-8,13-15,17H,6,9-11H2,1-2H3. The average Bonchev–Trinajstić information content (AvgIpc) is 2.89. The molecule has 3 unspecified atom stereocenters. The highest BCUT2D eigenvalue weighted by molar-refractivity contribution is 7.91. The van der Waals surface area contributed by atoms with Gasteiger partial charge in [-0.1, -0.05) is 36.8 Å². The van der Waals surface area contributed by atoms with Crippen molar-refractivity contribution in [1.82, 2.24) is 4.90 Å². The lowest BCUT2D eigenvalue weighted by Gasteiger charge is -2.30. The molecule has 1 aromatic carbocycles. The van der Waals surface area contributed by atoms with E-state index >= 15 is 0 Å². The number of aliphatic hydroxyl groups excluding tert-OH is 1. The first-order chi connectivity index (χ1) is 9.39. The van der Waals surface area contributed by atoms with E-state index in [4.69, 9.17) is 0 Å². The van der Waals surface area contributed by atoms with Gasteiger partial charge >= 0.3 is 0 Å². The summed E-state index contributed by atoms with van der Waals surface area (Å²) in [5.41, 5.74) is 0.869. The molecule has 4 nitrogen and oxygen atoms in total. The van der Waals surface area contributed by atoms with Gasteiger partial charge in [0.15, 0.2) is 9.84 Å². The number of hydrogen-bond acceptors (Lipinski definition) is 4. The van der Waals surface area contributed by atoms with Crippen LogP contribution < -0.4 is 0 Å². The first kappa shape index (κ1) is 15.5. The predicted molar refractivity (Wildman–Crippen MR) is 80.3 cm³/mol. The lowest BCUT2D eigenvalue weighted by Crippen LogP contribution is -2.43. The van der Waals surface area contributed by atoms with E-state index in [2.05, 4.69) is 0 Å². The van der Waals surface area contributed by atoms with E-state index in [1.807, 2.05) is 42.3 Å². The van der Waals surface area contributed by atoms with Crippen LogP contribution in [0.1, 0.15) is 30.9 Å². The van der Waals surface area contributed by atoms with Crippen molar-refractivity contribution in [3.63, 3.8) is 0 Å². The first-order valence-corrected chi connectivity index (χ1v) is 8.97. The van der Waals surface area contributed by atoms with Crippen LogP contribution in [0.3, 0.4) is 0 Å². The van der Waals surface area contributed by atoms with Crippen LogP contribution in [0.15, 0.2) is 30.3 Å². The molecule has 0 aromatic heterocycles. The van der Waals surface area contributed by atoms with E-state index < -0.39 is 15.9 Å². The van der Waals surface area contributed by atoms with Crippen molar-refractivity contribution in [1.29, 1.82) is 0 Å². The molecular weight excluding hydrogens is 274 g/mol. The molecular formula is C15H23NO3S. The van der Waals surface area contributed by atoms with Gasteiger partial charge in [0.2, 0.25) is 0 Å². The van der Waals surface area contributed by atoms with E-state index in [0.717, 1.165) is 24.8 Å². The van der Waals surface area contributed by atoms with Crippen LogP contribution >= 0.6 is 0 Å². The van der Waals surface area contributed by atoms with Crippen molar-refractivity contribution in [3.05, 3.63) is 35.9 Å². The maximum Gasteiger partial charge on any atom is 0.151 e. The summed E-state index contributed by atoms with van der Waals surface area (Å²) in [5.74, 6) is 0. The Bertz CT molecular complexity index is 529. The van der Waals surface area contributed by atoms with Gasteiger partial charge in [-0.2, -0.15) is 0 Å². The third kappa shape index (κ3) is 3.59. The minimum Gasteiger partial charge on any atom is -0.387 e. The zero-order chi connectivity index (χ0) is 14.8. The summed E-state index contributed by atoms with van der Waals surface area (Å²) in [7, 11) is -1.12. The summed E-state index contributed by atoms with van der Waals surface area (Å²) in [5, 5.41) is 9.95. The zero-order valence-electron chi connectivity index (χ0n) is 12.1. The first-order valence-electron chi connectivity index (χ1n) is 7.01. The molecule has 20 heavy (non-hydrogen) atoms. The normalized spacial score (nSPS) is 25.0. The highest BCUT2D eigenvalue weighted by Gasteiger charge is 2.37. The molecule has 0 spiro atoms. The van der Waals surface area contributed by atoms with E-state index in [0.29, 0.717) is 6.54 Å². The molecule has 1 N–H and O–H groups in total. The summed E-state index contributed by atoms with van der Waals surface area (Å²) in [6.07, 6.45) is 3.29. The van der Waals surface area contributed by atoms with Gasteiger partial charge in [0, 0.05) is 18.8 Å². The fourth-order valence-electron chi connectivity index (χ4n) is 3.10. The number of aliphatic hydroxyl groups is 1. The van der Waals surface area contributed by atoms with Gasteiger partial charge in [-0.25, -0.2) is 8.42 Å². The third-order valence-electron chi connectivity index (χ3n) is 4.18. The predicted octanol–water partition coefficient (Wildman–Crippen LogP) is 1.62. The number of benzene rings is 1. The third-order valence-corrected chi connectivity index (χ3v) is 5.83. The highest BCUT2D eigenvalue weighted by Crippen LogP contribution is 2.29. The zero-order valence-corrected chi connectivity index (χ0v) is 12.9. The second-order valence-corrected chi connectivity index (χ2v) is 8.00. The molecule has 0 radical (unpaired) electrons. The fourth-order valence-corrected chi connectivity index (χ4v) is 4.61. The Labute approximate surface area is 121 Å². The molecule has 1 aliphatic carbocycles. The number of nitrogens with zero attached hydrogens (tertiary/aromatic N) is 1. The Morgan fingerprint density at radius 2 is 1.95 bits per heavy atom. The van der Waals surface area contributed by atoms with Crippen molar-refractivity contribution in [2.24, 2.45) is 0 Å². The Balaban J connectivity index is 2.03. The van der Waals surface area contributed by atoms with Crippen LogP contribution in [-0.2, 0) is 9.84 Å². The molecule has 3 atom stereocenters. The molecule has 0 saturated heterocycles. The molecule has 2 rings (SSSR count). The molecule has 1 aromatic rings. The van der Waals surface area contributed by atoms with Gasteiger partial charge in [-0.3, -0.25) is 4.90 Å². The van der Waals surface area contributed by atoms with Gasteiger partial charge in [0.1, 0.15) is 0 Å². The molecule has 5 heteroatoms. The molecule has 1 fully saturated rings. The quantitative estimate of drug-likeness (QED) is 0.897. The number of rotatable bonds is 5. The molecule has 1 aliphatic rings. The Morgan fingerprint density at radius 3 is 2.55 bits per heavy atom. The Hall–Kier alpha value is -0.910. The van der Waals surface area contributed by atoms with Gasteiger partial charge in [0.05, 0.1) is 11.4 Å². The molecule has 1 saturated carbocycles. The lowest BCUT2D eigenvalue weighted by molar-refractivity contribution is 0.106. The Kier molecular flexibility index (Phi) is 4.83. The average molecular weight is 297 g/mol. The maximum atomic E-state index is 11.8. The second kappa shape index (κ2) is 6.24. The minimum atomic E-state index is -3.02. The van der Waals surface area contributed by atoms with Crippen LogP contribution in [0.25, 0.3) is 0 Å². The van der Waals surface area contributed by atoms with Gasteiger partial charge in [-0.15, -0.1) is 0 Å². The van der Waals surface area contributed by atoms with E-state index in [1.54, 1.807) is 0 Å². The van der Waals surface area contributed by atoms with Crippen molar-refractivity contribution < 1.29 is 13.5 Å². The summed E-state index contributed by atoms with van der Waals surface area (Å²) in [6, 6.07) is 9.50. The lowest BCUT2D eigenvalue weighted by atomic mass is 10.1. The largest absolute Gasteiger partial charge is 0.387 e. The van der Waals surface area contributed by atoms with Crippen molar-refractivity contribution in [2.45, 2.75) is 36.7 Å². The summed E-state index contributed by atoms with van der Waals surface area (Å²) in [4.78, 5) is 2.00. The highest BCUT2D eigenvalue weighted by atomic mass is 32.2. The SMILES string of the molecule is CN(CC(O)c1ccccc1)C1CCCC1S(C)(=O)=O. The summed E-state index contributed by atoms with van der Waals surface area (Å²) < 4.78 is 23.6. The van der Waals surface area contributed by atoms with Crippen LogP contribution in [-0.4, -0.2) is 49.6 Å².